The van der Waals surface area contributed by atoms with Gasteiger partial charge in [-0.3, -0.25) is 9.54 Å². The first-order valence-corrected chi connectivity index (χ1v) is 6.32. The Morgan fingerprint density at radius 3 is 2.53 bits per heavy atom. The van der Waals surface area contributed by atoms with Crippen LogP contribution in [0.4, 0.5) is 0 Å². The molecule has 0 unspecified atom stereocenters. The summed E-state index contributed by atoms with van der Waals surface area (Å²) in [5.41, 5.74) is 0.692. The van der Waals surface area contributed by atoms with Crippen molar-refractivity contribution >= 4 is 21.5 Å². The molecule has 2 aromatic rings. The second-order valence-electron chi connectivity index (χ2n) is 2.81. The van der Waals surface area contributed by atoms with E-state index in [4.69, 9.17) is 4.55 Å². The van der Waals surface area contributed by atoms with Crippen molar-refractivity contribution in [3.05, 3.63) is 36.5 Å². The Bertz CT molecular complexity index is 560. The van der Waals surface area contributed by atoms with Crippen LogP contribution < -0.4 is 0 Å². The van der Waals surface area contributed by atoms with Crippen molar-refractivity contribution in [1.82, 2.24) is 4.98 Å². The largest absolute Gasteiger partial charge is 0.304 e. The summed E-state index contributed by atoms with van der Waals surface area (Å²) in [6.07, 6.45) is 1.63. The van der Waals surface area contributed by atoms with Gasteiger partial charge in [0.1, 0.15) is 4.21 Å². The van der Waals surface area contributed by atoms with Crippen molar-refractivity contribution in [3.63, 3.8) is 0 Å². The van der Waals surface area contributed by atoms with Crippen LogP contribution in [0.3, 0.4) is 0 Å². The summed E-state index contributed by atoms with van der Waals surface area (Å²) in [4.78, 5) is 4.79. The Morgan fingerprint density at radius 2 is 2.00 bits per heavy atom. The topological polar surface area (TPSA) is 67.3 Å². The van der Waals surface area contributed by atoms with Gasteiger partial charge in [-0.1, -0.05) is 6.07 Å². The molecule has 0 aliphatic carbocycles. The van der Waals surface area contributed by atoms with Gasteiger partial charge < -0.3 is 0 Å². The molecule has 15 heavy (non-hydrogen) atoms. The number of thiophene rings is 1. The van der Waals surface area contributed by atoms with Crippen molar-refractivity contribution in [2.75, 3.05) is 0 Å². The highest BCUT2D eigenvalue weighted by molar-refractivity contribution is 7.88. The van der Waals surface area contributed by atoms with E-state index < -0.39 is 10.1 Å². The smallest absolute Gasteiger partial charge is 0.281 e. The van der Waals surface area contributed by atoms with Crippen LogP contribution in [-0.2, 0) is 10.1 Å². The quantitative estimate of drug-likeness (QED) is 0.817. The molecule has 0 fully saturated rings. The maximum absolute atomic E-state index is 10.8. The molecule has 0 amide bonds. The van der Waals surface area contributed by atoms with Gasteiger partial charge in [0.2, 0.25) is 0 Å². The summed E-state index contributed by atoms with van der Waals surface area (Å²) in [6, 6.07) is 8.36. The molecule has 0 spiro atoms. The average Bonchev–Trinajstić information content (AvgIpc) is 2.67. The van der Waals surface area contributed by atoms with E-state index in [1.165, 1.54) is 6.07 Å². The Morgan fingerprint density at radius 1 is 1.20 bits per heavy atom. The van der Waals surface area contributed by atoms with Crippen LogP contribution in [0.15, 0.2) is 40.7 Å². The highest BCUT2D eigenvalue weighted by atomic mass is 32.3. The number of rotatable bonds is 2. The van der Waals surface area contributed by atoms with Crippen LogP contribution in [-0.4, -0.2) is 18.0 Å². The first kappa shape index (κ1) is 10.3. The summed E-state index contributed by atoms with van der Waals surface area (Å²) in [7, 11) is -4.10. The molecule has 0 bridgehead atoms. The maximum Gasteiger partial charge on any atom is 0.304 e. The summed E-state index contributed by atoms with van der Waals surface area (Å²) in [6.45, 7) is 0. The number of nitrogens with zero attached hydrogens (tertiary/aromatic N) is 1. The predicted octanol–water partition coefficient (Wildman–Crippen LogP) is 2.06. The van der Waals surface area contributed by atoms with E-state index in [0.717, 1.165) is 11.3 Å². The lowest BCUT2D eigenvalue weighted by Gasteiger charge is -1.93. The zero-order valence-electron chi connectivity index (χ0n) is 7.49. The highest BCUT2D eigenvalue weighted by Crippen LogP contribution is 2.28. The Labute approximate surface area is 91.0 Å². The molecule has 2 rings (SSSR count). The number of hydrogen-bond donors (Lipinski definition) is 1. The van der Waals surface area contributed by atoms with Crippen LogP contribution >= 0.6 is 11.3 Å². The van der Waals surface area contributed by atoms with E-state index in [9.17, 15) is 8.42 Å². The third-order valence-electron chi connectivity index (χ3n) is 1.75. The minimum atomic E-state index is -4.10. The average molecular weight is 241 g/mol. The molecule has 0 saturated carbocycles. The summed E-state index contributed by atoms with van der Waals surface area (Å²) in [5.74, 6) is 0. The molecule has 0 aliphatic rings. The molecule has 0 atom stereocenters. The van der Waals surface area contributed by atoms with Gasteiger partial charge in [-0.05, 0) is 24.3 Å². The van der Waals surface area contributed by atoms with Crippen molar-refractivity contribution in [2.24, 2.45) is 0 Å². The Hall–Kier alpha value is -1.24. The first-order valence-electron chi connectivity index (χ1n) is 4.06. The molecule has 0 saturated heterocycles. The summed E-state index contributed by atoms with van der Waals surface area (Å²) >= 11 is 0.992. The van der Waals surface area contributed by atoms with E-state index in [-0.39, 0.29) is 4.21 Å². The molecule has 0 aliphatic heterocycles. The molecule has 2 heterocycles. The van der Waals surface area contributed by atoms with Gasteiger partial charge in [-0.25, -0.2) is 0 Å². The lowest BCUT2D eigenvalue weighted by atomic mass is 10.3. The standard InChI is InChI=1S/C9H7NO3S2/c11-15(12,13)9-5-4-8(14-9)7-3-1-2-6-10-7/h1-6H,(H,11,12,13). The van der Waals surface area contributed by atoms with Crippen molar-refractivity contribution < 1.29 is 13.0 Å². The first-order chi connectivity index (χ1) is 7.07. The van der Waals surface area contributed by atoms with E-state index in [1.54, 1.807) is 24.4 Å². The van der Waals surface area contributed by atoms with E-state index in [1.807, 2.05) is 6.07 Å². The molecule has 78 valence electrons. The Kier molecular flexibility index (Phi) is 2.56. The van der Waals surface area contributed by atoms with Gasteiger partial charge in [-0.15, -0.1) is 11.3 Å². The second kappa shape index (κ2) is 3.73. The monoisotopic (exact) mass is 241 g/mol. The fourth-order valence-corrected chi connectivity index (χ4v) is 2.75. The third-order valence-corrected chi connectivity index (χ3v) is 4.18. The van der Waals surface area contributed by atoms with Crippen molar-refractivity contribution in [1.29, 1.82) is 0 Å². The van der Waals surface area contributed by atoms with Crippen LogP contribution in [0.25, 0.3) is 10.6 Å². The van der Waals surface area contributed by atoms with Gasteiger partial charge in [0.05, 0.1) is 10.6 Å². The number of aromatic nitrogens is 1. The highest BCUT2D eigenvalue weighted by Gasteiger charge is 2.13. The van der Waals surface area contributed by atoms with E-state index in [0.29, 0.717) is 10.6 Å². The van der Waals surface area contributed by atoms with Crippen LogP contribution in [0, 0.1) is 0 Å². The molecular weight excluding hydrogens is 234 g/mol. The van der Waals surface area contributed by atoms with Crippen molar-refractivity contribution in [2.45, 2.75) is 4.21 Å². The molecule has 0 aromatic carbocycles. The van der Waals surface area contributed by atoms with Crippen LogP contribution in [0.1, 0.15) is 0 Å². The normalized spacial score (nSPS) is 11.5. The summed E-state index contributed by atoms with van der Waals surface area (Å²) < 4.78 is 30.4. The fraction of sp³-hybridized carbons (Fsp3) is 0. The SMILES string of the molecule is O=S(=O)(O)c1ccc(-c2ccccn2)s1. The molecule has 2 aromatic heterocycles. The van der Waals surface area contributed by atoms with Gasteiger partial charge in [-0.2, -0.15) is 8.42 Å². The summed E-state index contributed by atoms with van der Waals surface area (Å²) in [5, 5.41) is 0. The van der Waals surface area contributed by atoms with E-state index >= 15 is 0 Å². The predicted molar refractivity (Wildman–Crippen MR) is 57.4 cm³/mol. The molecule has 0 radical (unpaired) electrons. The van der Waals surface area contributed by atoms with Crippen LogP contribution in [0.2, 0.25) is 0 Å². The lowest BCUT2D eigenvalue weighted by Crippen LogP contribution is -1.93. The fourth-order valence-electron chi connectivity index (χ4n) is 1.10. The number of pyridine rings is 1. The minimum Gasteiger partial charge on any atom is -0.281 e. The third kappa shape index (κ3) is 2.23. The lowest BCUT2D eigenvalue weighted by molar-refractivity contribution is 0.485. The van der Waals surface area contributed by atoms with Gasteiger partial charge in [0.15, 0.2) is 0 Å². The molecule has 4 nitrogen and oxygen atoms in total. The van der Waals surface area contributed by atoms with Crippen molar-refractivity contribution in [3.8, 4) is 10.6 Å². The second-order valence-corrected chi connectivity index (χ2v) is 5.54. The van der Waals surface area contributed by atoms with Gasteiger partial charge in [0, 0.05) is 6.20 Å². The minimum absolute atomic E-state index is 0.0665. The Balaban J connectivity index is 2.46. The van der Waals surface area contributed by atoms with E-state index in [2.05, 4.69) is 4.98 Å². The zero-order valence-corrected chi connectivity index (χ0v) is 9.12. The number of hydrogen-bond acceptors (Lipinski definition) is 4. The van der Waals surface area contributed by atoms with Crippen LogP contribution in [0.5, 0.6) is 0 Å². The van der Waals surface area contributed by atoms with Gasteiger partial charge >= 0.3 is 10.1 Å². The van der Waals surface area contributed by atoms with Gasteiger partial charge in [0.25, 0.3) is 0 Å². The molecular formula is C9H7NO3S2. The zero-order chi connectivity index (χ0) is 10.9. The molecule has 1 N–H and O–H groups in total. The molecule has 6 heteroatoms. The maximum atomic E-state index is 10.8.